The van der Waals surface area contributed by atoms with Crippen molar-refractivity contribution in [2.24, 2.45) is 0 Å². The number of hydrogen-bond donors (Lipinski definition) is 3. The minimum absolute atomic E-state index is 0.0213. The fraction of sp³-hybridized carbons (Fsp3) is 0.353. The molecule has 2 aliphatic rings. The Kier molecular flexibility index (Phi) is 4.13. The summed E-state index contributed by atoms with van der Waals surface area (Å²) in [4.78, 5) is 16.2. The number of anilines is 1. The van der Waals surface area contributed by atoms with Gasteiger partial charge in [0.2, 0.25) is 0 Å². The van der Waals surface area contributed by atoms with Gasteiger partial charge in [-0.15, -0.1) is 11.3 Å². The van der Waals surface area contributed by atoms with Gasteiger partial charge in [-0.2, -0.15) is 0 Å². The molecule has 0 bridgehead atoms. The maximum atomic E-state index is 12.8. The molecule has 4 rings (SSSR count). The van der Waals surface area contributed by atoms with Gasteiger partial charge in [0.1, 0.15) is 11.2 Å². The number of halogens is 1. The summed E-state index contributed by atoms with van der Waals surface area (Å²) in [6.07, 6.45) is 0.372. The number of phenolic OH excluding ortho intramolecular Hbond substituents is 1. The molecule has 6 nitrogen and oxygen atoms in total. The van der Waals surface area contributed by atoms with E-state index in [4.69, 9.17) is 4.74 Å². The number of carbonyl (C=O) groups is 1. The van der Waals surface area contributed by atoms with Crippen LogP contribution in [0, 0.1) is 0 Å². The van der Waals surface area contributed by atoms with Gasteiger partial charge >= 0.3 is 0 Å². The molecule has 25 heavy (non-hydrogen) atoms. The summed E-state index contributed by atoms with van der Waals surface area (Å²) < 4.78 is 5.98. The first-order valence-corrected chi connectivity index (χ1v) is 9.55. The molecular formula is C17H18BrN3O3S. The standard InChI is InChI=1S/C17H18BrN3O3S/c1-21-4-3-9-12(7-21)25-17-13(9)16(23)19-15(20-17)10-5-8(18)6-11(24-2)14(10)22/h5-6,15,20,22H,3-4,7H2,1-2H3,(H,19,23)/t15-/m1/s1. The van der Waals surface area contributed by atoms with Crippen molar-refractivity contribution in [3.63, 3.8) is 0 Å². The van der Waals surface area contributed by atoms with E-state index in [9.17, 15) is 9.90 Å². The summed E-state index contributed by atoms with van der Waals surface area (Å²) in [7, 11) is 3.59. The molecule has 1 amide bonds. The number of phenols is 1. The SMILES string of the molecule is COc1cc(Br)cc([C@@H]2NC(=O)c3c(sc4c3CCN(C)C4)N2)c1O. The van der Waals surface area contributed by atoms with Gasteiger partial charge in [0.15, 0.2) is 11.5 Å². The van der Waals surface area contributed by atoms with Gasteiger partial charge in [-0.05, 0) is 31.2 Å². The molecule has 0 saturated carbocycles. The average Bonchev–Trinajstić information content (AvgIpc) is 2.94. The van der Waals surface area contributed by atoms with Gasteiger partial charge in [0, 0.05) is 28.0 Å². The third-order valence-corrected chi connectivity index (χ3v) is 6.23. The Bertz CT molecular complexity index is 867. The van der Waals surface area contributed by atoms with Crippen molar-refractivity contribution in [2.75, 3.05) is 26.0 Å². The van der Waals surface area contributed by atoms with Gasteiger partial charge in [-0.3, -0.25) is 4.79 Å². The highest BCUT2D eigenvalue weighted by Crippen LogP contribution is 2.43. The van der Waals surface area contributed by atoms with Crippen LogP contribution in [-0.2, 0) is 13.0 Å². The van der Waals surface area contributed by atoms with Gasteiger partial charge < -0.3 is 25.4 Å². The van der Waals surface area contributed by atoms with Crippen molar-refractivity contribution in [2.45, 2.75) is 19.1 Å². The normalized spacial score (nSPS) is 19.6. The highest BCUT2D eigenvalue weighted by Gasteiger charge is 2.34. The van der Waals surface area contributed by atoms with Gasteiger partial charge in [0.05, 0.1) is 12.7 Å². The lowest BCUT2D eigenvalue weighted by Crippen LogP contribution is -2.38. The van der Waals surface area contributed by atoms with Gasteiger partial charge in [-0.1, -0.05) is 15.9 Å². The third-order valence-electron chi connectivity index (χ3n) is 4.63. The number of benzene rings is 1. The van der Waals surface area contributed by atoms with E-state index in [-0.39, 0.29) is 11.7 Å². The number of likely N-dealkylation sites (N-methyl/N-ethyl adjacent to an activating group) is 1. The summed E-state index contributed by atoms with van der Waals surface area (Å²) in [5, 5.41) is 17.7. The van der Waals surface area contributed by atoms with E-state index >= 15 is 0 Å². The van der Waals surface area contributed by atoms with Crippen LogP contribution < -0.4 is 15.4 Å². The molecule has 1 aromatic heterocycles. The predicted octanol–water partition coefficient (Wildman–Crippen LogP) is 3.07. The Morgan fingerprint density at radius 3 is 2.96 bits per heavy atom. The lowest BCUT2D eigenvalue weighted by molar-refractivity contribution is 0.0934. The molecule has 132 valence electrons. The topological polar surface area (TPSA) is 73.8 Å². The molecule has 3 N–H and O–H groups in total. The number of amides is 1. The molecule has 0 radical (unpaired) electrons. The Morgan fingerprint density at radius 1 is 1.40 bits per heavy atom. The molecule has 0 saturated heterocycles. The lowest BCUT2D eigenvalue weighted by atomic mass is 10.0. The van der Waals surface area contributed by atoms with Crippen LogP contribution in [0.1, 0.15) is 32.5 Å². The first kappa shape index (κ1) is 16.7. The minimum Gasteiger partial charge on any atom is -0.504 e. The largest absolute Gasteiger partial charge is 0.504 e. The number of nitrogens with one attached hydrogen (secondary N) is 2. The van der Waals surface area contributed by atoms with Crippen LogP contribution >= 0.6 is 27.3 Å². The second kappa shape index (κ2) is 6.19. The van der Waals surface area contributed by atoms with E-state index < -0.39 is 6.17 Å². The number of aromatic hydroxyl groups is 1. The van der Waals surface area contributed by atoms with Crippen LogP contribution in [0.25, 0.3) is 0 Å². The van der Waals surface area contributed by atoms with Gasteiger partial charge in [-0.25, -0.2) is 0 Å². The second-order valence-electron chi connectivity index (χ2n) is 6.29. The third kappa shape index (κ3) is 2.78. The van der Waals surface area contributed by atoms with Crippen molar-refractivity contribution in [3.05, 3.63) is 38.2 Å². The Labute approximate surface area is 157 Å². The van der Waals surface area contributed by atoms with Crippen LogP contribution in [0.3, 0.4) is 0 Å². The fourth-order valence-electron chi connectivity index (χ4n) is 3.37. The maximum absolute atomic E-state index is 12.8. The van der Waals surface area contributed by atoms with Crippen molar-refractivity contribution in [3.8, 4) is 11.5 Å². The number of fused-ring (bicyclic) bond motifs is 3. The molecule has 2 aromatic rings. The number of nitrogens with zero attached hydrogens (tertiary/aromatic N) is 1. The molecular weight excluding hydrogens is 406 g/mol. The summed E-state index contributed by atoms with van der Waals surface area (Å²) in [5.74, 6) is 0.283. The number of carbonyl (C=O) groups excluding carboxylic acids is 1. The monoisotopic (exact) mass is 423 g/mol. The first-order valence-electron chi connectivity index (χ1n) is 7.94. The van der Waals surface area contributed by atoms with Crippen molar-refractivity contribution in [1.29, 1.82) is 0 Å². The van der Waals surface area contributed by atoms with Crippen LogP contribution in [0.4, 0.5) is 5.00 Å². The first-order chi connectivity index (χ1) is 12.0. The molecule has 1 atom stereocenters. The molecule has 3 heterocycles. The number of rotatable bonds is 2. The highest BCUT2D eigenvalue weighted by atomic mass is 79.9. The van der Waals surface area contributed by atoms with E-state index in [1.54, 1.807) is 23.5 Å². The average molecular weight is 424 g/mol. The Hall–Kier alpha value is -1.77. The summed E-state index contributed by atoms with van der Waals surface area (Å²) in [5.41, 5.74) is 2.47. The van der Waals surface area contributed by atoms with E-state index in [1.807, 2.05) is 0 Å². The number of methoxy groups -OCH3 is 1. The number of hydrogen-bond acceptors (Lipinski definition) is 6. The molecule has 0 spiro atoms. The van der Waals surface area contributed by atoms with Crippen LogP contribution in [0.2, 0.25) is 0 Å². The zero-order chi connectivity index (χ0) is 17.7. The predicted molar refractivity (Wildman–Crippen MR) is 101 cm³/mol. The lowest BCUT2D eigenvalue weighted by Gasteiger charge is -2.28. The van der Waals surface area contributed by atoms with E-state index in [0.29, 0.717) is 11.3 Å². The van der Waals surface area contributed by atoms with Crippen molar-refractivity contribution < 1.29 is 14.6 Å². The summed E-state index contributed by atoms with van der Waals surface area (Å²) in [6, 6.07) is 3.47. The van der Waals surface area contributed by atoms with E-state index in [2.05, 4.69) is 38.5 Å². The molecule has 1 aromatic carbocycles. The Morgan fingerprint density at radius 2 is 2.20 bits per heavy atom. The number of ether oxygens (including phenoxy) is 1. The second-order valence-corrected chi connectivity index (χ2v) is 8.31. The molecule has 8 heteroatoms. The summed E-state index contributed by atoms with van der Waals surface area (Å²) >= 11 is 5.05. The summed E-state index contributed by atoms with van der Waals surface area (Å²) in [6.45, 7) is 1.82. The molecule has 2 aliphatic heterocycles. The van der Waals surface area contributed by atoms with Gasteiger partial charge in [0.25, 0.3) is 5.91 Å². The van der Waals surface area contributed by atoms with E-state index in [1.165, 1.54) is 12.0 Å². The van der Waals surface area contributed by atoms with Crippen LogP contribution in [0.5, 0.6) is 11.5 Å². The van der Waals surface area contributed by atoms with Crippen molar-refractivity contribution in [1.82, 2.24) is 10.2 Å². The smallest absolute Gasteiger partial charge is 0.256 e. The quantitative estimate of drug-likeness (QED) is 0.691. The molecule has 0 fully saturated rings. The van der Waals surface area contributed by atoms with Crippen molar-refractivity contribution >= 4 is 38.2 Å². The van der Waals surface area contributed by atoms with E-state index in [0.717, 1.165) is 40.1 Å². The zero-order valence-corrected chi connectivity index (χ0v) is 16.3. The Balaban J connectivity index is 1.73. The van der Waals surface area contributed by atoms with Crippen LogP contribution in [0.15, 0.2) is 16.6 Å². The van der Waals surface area contributed by atoms with Crippen LogP contribution in [-0.4, -0.2) is 36.6 Å². The molecule has 0 unspecified atom stereocenters. The maximum Gasteiger partial charge on any atom is 0.256 e. The fourth-order valence-corrected chi connectivity index (χ4v) is 5.18. The highest BCUT2D eigenvalue weighted by molar-refractivity contribution is 9.10. The minimum atomic E-state index is -0.510. The molecule has 0 aliphatic carbocycles. The number of thiophene rings is 1. The zero-order valence-electron chi connectivity index (χ0n) is 13.9.